The van der Waals surface area contributed by atoms with Gasteiger partial charge in [0.25, 0.3) is 0 Å². The number of nitrogens with one attached hydrogen (secondary N) is 1. The number of hydrogen-bond donors (Lipinski definition) is 2. The monoisotopic (exact) mass is 185 g/mol. The fourth-order valence-corrected chi connectivity index (χ4v) is 0.731. The maximum Gasteiger partial charge on any atom is 0.246 e. The number of amides is 1. The van der Waals surface area contributed by atoms with Crippen molar-refractivity contribution in [3.63, 3.8) is 0 Å². The van der Waals surface area contributed by atoms with Crippen molar-refractivity contribution in [2.24, 2.45) is 0 Å². The summed E-state index contributed by atoms with van der Waals surface area (Å²) in [5.74, 6) is -0.524. The van der Waals surface area contributed by atoms with E-state index in [-0.39, 0.29) is 24.7 Å². The fraction of sp³-hybridized carbons (Fsp3) is 0.556. The summed E-state index contributed by atoms with van der Waals surface area (Å²) < 4.78 is 0. The van der Waals surface area contributed by atoms with Crippen molar-refractivity contribution in [2.75, 3.05) is 6.54 Å². The van der Waals surface area contributed by atoms with Crippen LogP contribution in [0.2, 0.25) is 0 Å². The van der Waals surface area contributed by atoms with Gasteiger partial charge in [-0.1, -0.05) is 6.58 Å². The Morgan fingerprint density at radius 3 is 2.46 bits per heavy atom. The van der Waals surface area contributed by atoms with Crippen molar-refractivity contribution >= 4 is 11.7 Å². The molecule has 0 aromatic carbocycles. The van der Waals surface area contributed by atoms with Crippen molar-refractivity contribution in [1.29, 1.82) is 0 Å². The van der Waals surface area contributed by atoms with Crippen molar-refractivity contribution in [3.05, 3.63) is 12.2 Å². The van der Waals surface area contributed by atoms with E-state index in [2.05, 4.69) is 11.9 Å². The second-order valence-corrected chi connectivity index (χ2v) is 3.05. The zero-order valence-corrected chi connectivity index (χ0v) is 7.96. The lowest BCUT2D eigenvalue weighted by atomic mass is 10.2. The van der Waals surface area contributed by atoms with Crippen LogP contribution in [0.1, 0.15) is 20.3 Å². The highest BCUT2D eigenvalue weighted by Crippen LogP contribution is 1.91. The molecule has 4 nitrogen and oxygen atoms in total. The van der Waals surface area contributed by atoms with Crippen LogP contribution in [-0.4, -0.2) is 29.4 Å². The lowest BCUT2D eigenvalue weighted by molar-refractivity contribution is -0.124. The highest BCUT2D eigenvalue weighted by Gasteiger charge is 2.08. The van der Waals surface area contributed by atoms with Crippen LogP contribution < -0.4 is 5.32 Å². The summed E-state index contributed by atoms with van der Waals surface area (Å²) in [5.41, 5.74) is 0.366. The van der Waals surface area contributed by atoms with E-state index in [4.69, 9.17) is 5.11 Å². The molecule has 0 aliphatic heterocycles. The van der Waals surface area contributed by atoms with Crippen LogP contribution in [0.4, 0.5) is 0 Å². The molecule has 74 valence electrons. The van der Waals surface area contributed by atoms with Gasteiger partial charge in [-0.05, 0) is 13.8 Å². The summed E-state index contributed by atoms with van der Waals surface area (Å²) in [6.45, 7) is 6.47. The molecule has 0 aliphatic rings. The smallest absolute Gasteiger partial charge is 0.246 e. The summed E-state index contributed by atoms with van der Waals surface area (Å²) in [4.78, 5) is 21.9. The minimum atomic E-state index is -0.658. The Balaban J connectivity index is 3.71. The second-order valence-electron chi connectivity index (χ2n) is 3.05. The number of ketones is 1. The summed E-state index contributed by atoms with van der Waals surface area (Å²) >= 11 is 0. The molecule has 1 amide bonds. The summed E-state index contributed by atoms with van der Waals surface area (Å²) in [5, 5.41) is 11.2. The number of aliphatic hydroxyl groups is 1. The van der Waals surface area contributed by atoms with Crippen LogP contribution >= 0.6 is 0 Å². The summed E-state index contributed by atoms with van der Waals surface area (Å²) in [6.07, 6.45) is -0.592. The fourth-order valence-electron chi connectivity index (χ4n) is 0.731. The lowest BCUT2D eigenvalue weighted by Crippen LogP contribution is -2.30. The lowest BCUT2D eigenvalue weighted by Gasteiger charge is -2.05. The van der Waals surface area contributed by atoms with Gasteiger partial charge < -0.3 is 10.4 Å². The van der Waals surface area contributed by atoms with Gasteiger partial charge in [0.05, 0.1) is 12.6 Å². The van der Waals surface area contributed by atoms with Crippen molar-refractivity contribution in [2.45, 2.75) is 26.4 Å². The molecule has 1 atom stereocenters. The molecule has 0 saturated carbocycles. The van der Waals surface area contributed by atoms with Gasteiger partial charge in [-0.15, -0.1) is 0 Å². The van der Waals surface area contributed by atoms with Crippen molar-refractivity contribution in [3.8, 4) is 0 Å². The topological polar surface area (TPSA) is 66.4 Å². The Bertz CT molecular complexity index is 221. The van der Waals surface area contributed by atoms with E-state index in [9.17, 15) is 9.59 Å². The Kier molecular flexibility index (Phi) is 4.99. The molecule has 0 aromatic heterocycles. The first kappa shape index (κ1) is 11.8. The molecule has 0 heterocycles. The SMILES string of the molecule is C=C(C)C(=O)NCC(=O)CC(C)O. The molecule has 0 saturated heterocycles. The second kappa shape index (κ2) is 5.48. The van der Waals surface area contributed by atoms with Gasteiger partial charge in [0, 0.05) is 12.0 Å². The van der Waals surface area contributed by atoms with Gasteiger partial charge in [-0.25, -0.2) is 0 Å². The molecule has 0 radical (unpaired) electrons. The number of carbonyl (C=O) groups excluding carboxylic acids is 2. The third-order valence-corrected chi connectivity index (χ3v) is 1.36. The first-order valence-corrected chi connectivity index (χ1v) is 4.07. The van der Waals surface area contributed by atoms with Crippen LogP contribution in [0, 0.1) is 0 Å². The average molecular weight is 185 g/mol. The third kappa shape index (κ3) is 6.04. The molecule has 0 rings (SSSR count). The van der Waals surface area contributed by atoms with E-state index in [1.165, 1.54) is 6.92 Å². The first-order valence-electron chi connectivity index (χ1n) is 4.07. The third-order valence-electron chi connectivity index (χ3n) is 1.36. The van der Waals surface area contributed by atoms with E-state index in [0.29, 0.717) is 5.57 Å². The Morgan fingerprint density at radius 1 is 1.54 bits per heavy atom. The van der Waals surface area contributed by atoms with Gasteiger partial charge in [-0.3, -0.25) is 9.59 Å². The Hall–Kier alpha value is -1.16. The average Bonchev–Trinajstić information content (AvgIpc) is 1.98. The van der Waals surface area contributed by atoms with E-state index in [0.717, 1.165) is 0 Å². The van der Waals surface area contributed by atoms with Crippen LogP contribution in [0.25, 0.3) is 0 Å². The number of Topliss-reactive ketones (excluding diaryl/α,β-unsaturated/α-hetero) is 1. The van der Waals surface area contributed by atoms with E-state index >= 15 is 0 Å². The zero-order chi connectivity index (χ0) is 10.4. The molecule has 4 heteroatoms. The molecule has 0 fully saturated rings. The predicted octanol–water partition coefficient (Wildman–Crippen LogP) is 0.0187. The normalized spacial score (nSPS) is 11.9. The maximum atomic E-state index is 11.0. The maximum absolute atomic E-state index is 11.0. The predicted molar refractivity (Wildman–Crippen MR) is 49.1 cm³/mol. The molecule has 1 unspecified atom stereocenters. The number of carbonyl (C=O) groups is 2. The van der Waals surface area contributed by atoms with Crippen LogP contribution in [0.5, 0.6) is 0 Å². The van der Waals surface area contributed by atoms with E-state index in [1.807, 2.05) is 0 Å². The standard InChI is InChI=1S/C9H15NO3/c1-6(2)9(13)10-5-8(12)4-7(3)11/h7,11H,1,4-5H2,2-3H3,(H,10,13). The summed E-state index contributed by atoms with van der Waals surface area (Å²) in [7, 11) is 0. The largest absolute Gasteiger partial charge is 0.393 e. The molecule has 2 N–H and O–H groups in total. The number of rotatable bonds is 5. The first-order chi connectivity index (χ1) is 5.93. The van der Waals surface area contributed by atoms with E-state index in [1.54, 1.807) is 6.92 Å². The number of aliphatic hydroxyl groups excluding tert-OH is 1. The molecule has 0 aromatic rings. The Morgan fingerprint density at radius 2 is 2.08 bits per heavy atom. The molecule has 13 heavy (non-hydrogen) atoms. The van der Waals surface area contributed by atoms with Gasteiger partial charge in [0.1, 0.15) is 0 Å². The van der Waals surface area contributed by atoms with Crippen LogP contribution in [-0.2, 0) is 9.59 Å². The molecular weight excluding hydrogens is 170 g/mol. The zero-order valence-electron chi connectivity index (χ0n) is 7.96. The van der Waals surface area contributed by atoms with Crippen LogP contribution in [0.15, 0.2) is 12.2 Å². The van der Waals surface area contributed by atoms with Gasteiger partial charge in [0.15, 0.2) is 5.78 Å². The van der Waals surface area contributed by atoms with Gasteiger partial charge in [-0.2, -0.15) is 0 Å². The highest BCUT2D eigenvalue weighted by atomic mass is 16.3. The highest BCUT2D eigenvalue weighted by molar-refractivity contribution is 5.95. The molecule has 0 spiro atoms. The van der Waals surface area contributed by atoms with Crippen molar-refractivity contribution in [1.82, 2.24) is 5.32 Å². The van der Waals surface area contributed by atoms with Crippen molar-refractivity contribution < 1.29 is 14.7 Å². The quantitative estimate of drug-likeness (QED) is 0.593. The number of hydrogen-bond acceptors (Lipinski definition) is 3. The minimum Gasteiger partial charge on any atom is -0.393 e. The van der Waals surface area contributed by atoms with Gasteiger partial charge in [0.2, 0.25) is 5.91 Å². The Labute approximate surface area is 77.6 Å². The van der Waals surface area contributed by atoms with Gasteiger partial charge >= 0.3 is 0 Å². The summed E-state index contributed by atoms with van der Waals surface area (Å²) in [6, 6.07) is 0. The minimum absolute atomic E-state index is 0.0450. The molecular formula is C9H15NO3. The molecule has 0 aliphatic carbocycles. The van der Waals surface area contributed by atoms with Crippen LogP contribution in [0.3, 0.4) is 0 Å². The molecule has 0 bridgehead atoms. The van der Waals surface area contributed by atoms with E-state index < -0.39 is 6.10 Å².